The Kier molecular flexibility index (Phi) is 6.62. The number of unbranched alkanes of at least 4 members (excludes halogenated alkanes) is 1. The fraction of sp³-hybridized carbons (Fsp3) is 0.235. The van der Waals surface area contributed by atoms with Gasteiger partial charge in [0.15, 0.2) is 5.11 Å². The third kappa shape index (κ3) is 5.69. The lowest BCUT2D eigenvalue weighted by Gasteiger charge is -2.12. The van der Waals surface area contributed by atoms with Crippen LogP contribution in [0.5, 0.6) is 5.75 Å². The molecule has 0 aliphatic carbocycles. The van der Waals surface area contributed by atoms with E-state index in [1.54, 1.807) is 6.07 Å². The summed E-state index contributed by atoms with van der Waals surface area (Å²) in [5, 5.41) is 6.44. The summed E-state index contributed by atoms with van der Waals surface area (Å²) < 4.78 is 18.7. The molecule has 0 aliphatic heterocycles. The van der Waals surface area contributed by atoms with E-state index in [1.165, 1.54) is 12.1 Å². The van der Waals surface area contributed by atoms with E-state index in [1.807, 2.05) is 24.3 Å². The van der Waals surface area contributed by atoms with E-state index in [0.29, 0.717) is 17.4 Å². The first-order valence-electron chi connectivity index (χ1n) is 7.34. The number of hydrogen-bond acceptors (Lipinski definition) is 2. The monoisotopic (exact) mass is 352 g/mol. The molecule has 0 spiro atoms. The summed E-state index contributed by atoms with van der Waals surface area (Å²) in [6.07, 6.45) is 2.14. The molecule has 2 N–H and O–H groups in total. The van der Waals surface area contributed by atoms with Crippen LogP contribution >= 0.6 is 23.8 Å². The lowest BCUT2D eigenvalue weighted by molar-refractivity contribution is 0.309. The second kappa shape index (κ2) is 8.70. The summed E-state index contributed by atoms with van der Waals surface area (Å²) in [7, 11) is 0. The van der Waals surface area contributed by atoms with Crippen LogP contribution in [0.3, 0.4) is 0 Å². The maximum atomic E-state index is 13.1. The Hall–Kier alpha value is -1.85. The van der Waals surface area contributed by atoms with E-state index in [2.05, 4.69) is 17.6 Å². The number of benzene rings is 2. The highest BCUT2D eigenvalue weighted by atomic mass is 35.5. The van der Waals surface area contributed by atoms with E-state index in [9.17, 15) is 4.39 Å². The van der Waals surface area contributed by atoms with E-state index in [-0.39, 0.29) is 5.02 Å². The second-order valence-electron chi connectivity index (χ2n) is 4.93. The summed E-state index contributed by atoms with van der Waals surface area (Å²) in [6, 6.07) is 11.9. The number of ether oxygens (including phenoxy) is 1. The molecular formula is C17H18ClFN2OS. The molecule has 2 aromatic rings. The summed E-state index contributed by atoms with van der Waals surface area (Å²) in [6.45, 7) is 2.84. The number of anilines is 2. The minimum absolute atomic E-state index is 0.0476. The van der Waals surface area contributed by atoms with Gasteiger partial charge in [-0.1, -0.05) is 24.9 Å². The van der Waals surface area contributed by atoms with Gasteiger partial charge in [0, 0.05) is 11.4 Å². The van der Waals surface area contributed by atoms with Crippen molar-refractivity contribution >= 4 is 40.3 Å². The summed E-state index contributed by atoms with van der Waals surface area (Å²) >= 11 is 11.0. The minimum atomic E-state index is -0.463. The minimum Gasteiger partial charge on any atom is -0.494 e. The SMILES string of the molecule is CCCCOc1ccc(NC(=S)Nc2ccc(F)c(Cl)c2)cc1. The van der Waals surface area contributed by atoms with Gasteiger partial charge in [0.1, 0.15) is 11.6 Å². The van der Waals surface area contributed by atoms with Gasteiger partial charge in [-0.2, -0.15) is 0 Å². The van der Waals surface area contributed by atoms with Gasteiger partial charge in [0.25, 0.3) is 0 Å². The van der Waals surface area contributed by atoms with Crippen LogP contribution in [0, 0.1) is 5.82 Å². The molecule has 0 unspecified atom stereocenters. The van der Waals surface area contributed by atoms with Gasteiger partial charge in [0.05, 0.1) is 11.6 Å². The van der Waals surface area contributed by atoms with Crippen molar-refractivity contribution in [1.82, 2.24) is 0 Å². The molecule has 0 aromatic heterocycles. The molecule has 0 fully saturated rings. The first-order chi connectivity index (χ1) is 11.1. The molecule has 3 nitrogen and oxygen atoms in total. The fourth-order valence-corrected chi connectivity index (χ4v) is 2.25. The molecule has 2 aromatic carbocycles. The highest BCUT2D eigenvalue weighted by Gasteiger charge is 2.03. The fourth-order valence-electron chi connectivity index (χ4n) is 1.84. The van der Waals surface area contributed by atoms with Crippen molar-refractivity contribution in [3.63, 3.8) is 0 Å². The molecule has 0 atom stereocenters. The maximum Gasteiger partial charge on any atom is 0.175 e. The highest BCUT2D eigenvalue weighted by Crippen LogP contribution is 2.20. The van der Waals surface area contributed by atoms with Gasteiger partial charge in [0.2, 0.25) is 0 Å². The molecule has 6 heteroatoms. The lowest BCUT2D eigenvalue weighted by Crippen LogP contribution is -2.19. The first kappa shape index (κ1) is 17.5. The Morgan fingerprint density at radius 3 is 2.43 bits per heavy atom. The molecule has 0 heterocycles. The van der Waals surface area contributed by atoms with Crippen LogP contribution in [-0.2, 0) is 0 Å². The van der Waals surface area contributed by atoms with Crippen molar-refractivity contribution in [3.05, 3.63) is 53.3 Å². The molecule has 0 amide bonds. The highest BCUT2D eigenvalue weighted by molar-refractivity contribution is 7.80. The van der Waals surface area contributed by atoms with E-state index >= 15 is 0 Å². The second-order valence-corrected chi connectivity index (χ2v) is 5.75. The standard InChI is InChI=1S/C17H18ClFN2OS/c1-2-3-10-22-14-7-4-12(5-8-14)20-17(23)21-13-6-9-16(19)15(18)11-13/h4-9,11H,2-3,10H2,1H3,(H2,20,21,23). The molecule has 0 bridgehead atoms. The predicted molar refractivity (Wildman–Crippen MR) is 98.1 cm³/mol. The topological polar surface area (TPSA) is 33.3 Å². The molecule has 0 aliphatic rings. The van der Waals surface area contributed by atoms with Crippen molar-refractivity contribution in [1.29, 1.82) is 0 Å². The molecule has 23 heavy (non-hydrogen) atoms. The van der Waals surface area contributed by atoms with Gasteiger partial charge < -0.3 is 15.4 Å². The first-order valence-corrected chi connectivity index (χ1v) is 8.13. The number of thiocarbonyl (C=S) groups is 1. The number of halogens is 2. The van der Waals surface area contributed by atoms with Gasteiger partial charge in [-0.05, 0) is 61.1 Å². The molecule has 0 saturated carbocycles. The van der Waals surface area contributed by atoms with Crippen molar-refractivity contribution < 1.29 is 9.13 Å². The van der Waals surface area contributed by atoms with Crippen molar-refractivity contribution in [2.24, 2.45) is 0 Å². The Bertz CT molecular complexity index is 664. The predicted octanol–water partition coefficient (Wildman–Crippen LogP) is 5.47. The van der Waals surface area contributed by atoms with Crippen LogP contribution in [0.4, 0.5) is 15.8 Å². The van der Waals surface area contributed by atoms with Gasteiger partial charge in [-0.15, -0.1) is 0 Å². The molecule has 0 saturated heterocycles. The molecule has 2 rings (SSSR count). The average Bonchev–Trinajstić information content (AvgIpc) is 2.53. The summed E-state index contributed by atoms with van der Waals surface area (Å²) in [4.78, 5) is 0. The van der Waals surface area contributed by atoms with Crippen molar-refractivity contribution in [3.8, 4) is 5.75 Å². The van der Waals surface area contributed by atoms with E-state index < -0.39 is 5.82 Å². The third-order valence-electron chi connectivity index (χ3n) is 3.06. The van der Waals surface area contributed by atoms with Crippen LogP contribution in [-0.4, -0.2) is 11.7 Å². The Balaban J connectivity index is 1.88. The largest absolute Gasteiger partial charge is 0.494 e. The third-order valence-corrected chi connectivity index (χ3v) is 3.55. The van der Waals surface area contributed by atoms with Crippen LogP contribution in [0.2, 0.25) is 5.02 Å². The lowest BCUT2D eigenvalue weighted by atomic mass is 10.3. The Morgan fingerprint density at radius 2 is 1.78 bits per heavy atom. The quantitative estimate of drug-likeness (QED) is 0.533. The Labute approximate surface area is 145 Å². The maximum absolute atomic E-state index is 13.1. The summed E-state index contributed by atoms with van der Waals surface area (Å²) in [5.41, 5.74) is 1.45. The number of hydrogen-bond donors (Lipinski definition) is 2. The van der Waals surface area contributed by atoms with Crippen LogP contribution in [0.15, 0.2) is 42.5 Å². The van der Waals surface area contributed by atoms with Crippen LogP contribution < -0.4 is 15.4 Å². The molecular weight excluding hydrogens is 335 g/mol. The van der Waals surface area contributed by atoms with Crippen molar-refractivity contribution in [2.45, 2.75) is 19.8 Å². The zero-order chi connectivity index (χ0) is 16.7. The normalized spacial score (nSPS) is 10.2. The van der Waals surface area contributed by atoms with E-state index in [0.717, 1.165) is 24.3 Å². The van der Waals surface area contributed by atoms with E-state index in [4.69, 9.17) is 28.6 Å². The Morgan fingerprint density at radius 1 is 1.13 bits per heavy atom. The van der Waals surface area contributed by atoms with Gasteiger partial charge in [-0.25, -0.2) is 4.39 Å². The molecule has 122 valence electrons. The van der Waals surface area contributed by atoms with Gasteiger partial charge >= 0.3 is 0 Å². The summed E-state index contributed by atoms with van der Waals surface area (Å²) in [5.74, 6) is 0.364. The average molecular weight is 353 g/mol. The number of nitrogens with one attached hydrogen (secondary N) is 2. The zero-order valence-electron chi connectivity index (χ0n) is 12.7. The van der Waals surface area contributed by atoms with Gasteiger partial charge in [-0.3, -0.25) is 0 Å². The molecule has 0 radical (unpaired) electrons. The van der Waals surface area contributed by atoms with Crippen molar-refractivity contribution in [2.75, 3.05) is 17.2 Å². The zero-order valence-corrected chi connectivity index (χ0v) is 14.3. The van der Waals surface area contributed by atoms with Crippen LogP contribution in [0.25, 0.3) is 0 Å². The smallest absolute Gasteiger partial charge is 0.175 e. The van der Waals surface area contributed by atoms with Crippen LogP contribution in [0.1, 0.15) is 19.8 Å². The number of rotatable bonds is 6.